The number of nitrogens with zero attached hydrogens (tertiary/aromatic N) is 2. The molecule has 24 heavy (non-hydrogen) atoms. The molecule has 1 aromatic heterocycles. The first kappa shape index (κ1) is 19.5. The monoisotopic (exact) mass is 368 g/mol. The SMILES string of the molecule is CCO[Si](OCC)(OCC)C(CC)n1c(SC)nc2ccccc21. The van der Waals surface area contributed by atoms with Gasteiger partial charge in [-0.1, -0.05) is 30.8 Å². The Balaban J connectivity index is 2.63. The maximum Gasteiger partial charge on any atom is 0.525 e. The highest BCUT2D eigenvalue weighted by Gasteiger charge is 2.50. The van der Waals surface area contributed by atoms with E-state index in [1.165, 1.54) is 0 Å². The van der Waals surface area contributed by atoms with Gasteiger partial charge in [-0.15, -0.1) is 0 Å². The maximum atomic E-state index is 6.17. The first-order valence-electron chi connectivity index (χ1n) is 8.60. The molecule has 0 aliphatic rings. The van der Waals surface area contributed by atoms with Crippen LogP contribution >= 0.6 is 11.8 Å². The molecule has 1 unspecified atom stereocenters. The molecule has 0 spiro atoms. The summed E-state index contributed by atoms with van der Waals surface area (Å²) in [5.41, 5.74) is 2.10. The van der Waals surface area contributed by atoms with Gasteiger partial charge in [-0.3, -0.25) is 0 Å². The Morgan fingerprint density at radius 2 is 1.62 bits per heavy atom. The number of thioether (sulfide) groups is 1. The molecule has 7 heteroatoms. The first-order chi connectivity index (χ1) is 11.7. The van der Waals surface area contributed by atoms with Crippen molar-refractivity contribution in [3.05, 3.63) is 24.3 Å². The van der Waals surface area contributed by atoms with Gasteiger partial charge in [0.05, 0.1) is 11.0 Å². The van der Waals surface area contributed by atoms with E-state index in [1.807, 2.05) is 39.0 Å². The molecule has 0 aliphatic heterocycles. The third-order valence-corrected chi connectivity index (χ3v) is 8.10. The Morgan fingerprint density at radius 3 is 2.12 bits per heavy atom. The second kappa shape index (κ2) is 9.01. The Bertz CT molecular complexity index is 633. The number of benzene rings is 1. The van der Waals surface area contributed by atoms with Crippen LogP contribution in [0.25, 0.3) is 11.0 Å². The molecule has 0 aliphatic carbocycles. The van der Waals surface area contributed by atoms with E-state index >= 15 is 0 Å². The van der Waals surface area contributed by atoms with Crippen LogP contribution in [0.5, 0.6) is 0 Å². The molecule has 5 nitrogen and oxygen atoms in total. The van der Waals surface area contributed by atoms with E-state index in [0.29, 0.717) is 19.8 Å². The fraction of sp³-hybridized carbons (Fsp3) is 0.588. The zero-order valence-electron chi connectivity index (χ0n) is 15.2. The summed E-state index contributed by atoms with van der Waals surface area (Å²) in [6.07, 6.45) is 2.91. The van der Waals surface area contributed by atoms with Crippen molar-refractivity contribution in [2.45, 2.75) is 44.9 Å². The van der Waals surface area contributed by atoms with Crippen LogP contribution in [0, 0.1) is 0 Å². The van der Waals surface area contributed by atoms with Crippen LogP contribution in [-0.2, 0) is 13.3 Å². The number of hydrogen-bond acceptors (Lipinski definition) is 5. The van der Waals surface area contributed by atoms with Crippen LogP contribution in [0.15, 0.2) is 29.4 Å². The zero-order chi connectivity index (χ0) is 17.6. The van der Waals surface area contributed by atoms with E-state index in [9.17, 15) is 0 Å². The molecular formula is C17H28N2O3SSi. The molecular weight excluding hydrogens is 340 g/mol. The van der Waals surface area contributed by atoms with E-state index in [1.54, 1.807) is 11.8 Å². The number of fused-ring (bicyclic) bond motifs is 1. The lowest BCUT2D eigenvalue weighted by Crippen LogP contribution is -2.54. The van der Waals surface area contributed by atoms with E-state index in [2.05, 4.69) is 23.8 Å². The lowest BCUT2D eigenvalue weighted by molar-refractivity contribution is 0.0522. The summed E-state index contributed by atoms with van der Waals surface area (Å²) >= 11 is 1.64. The Labute approximate surface area is 150 Å². The fourth-order valence-electron chi connectivity index (χ4n) is 3.08. The summed E-state index contributed by atoms with van der Waals surface area (Å²) in [6.45, 7) is 9.86. The largest absolute Gasteiger partial charge is 0.525 e. The van der Waals surface area contributed by atoms with E-state index in [-0.39, 0.29) is 5.67 Å². The average Bonchev–Trinajstić information content (AvgIpc) is 2.95. The molecule has 2 aromatic rings. The van der Waals surface area contributed by atoms with Crippen LogP contribution < -0.4 is 0 Å². The van der Waals surface area contributed by atoms with Gasteiger partial charge in [0.1, 0.15) is 5.67 Å². The minimum Gasteiger partial charge on any atom is -0.373 e. The van der Waals surface area contributed by atoms with Crippen LogP contribution in [0.1, 0.15) is 39.8 Å². The Morgan fingerprint density at radius 1 is 1.04 bits per heavy atom. The number of para-hydroxylation sites is 2. The van der Waals surface area contributed by atoms with Crippen LogP contribution in [0.3, 0.4) is 0 Å². The molecule has 0 saturated carbocycles. The summed E-state index contributed by atoms with van der Waals surface area (Å²) in [7, 11) is -2.88. The molecule has 1 heterocycles. The van der Waals surface area contributed by atoms with Gasteiger partial charge in [0.25, 0.3) is 0 Å². The molecule has 134 valence electrons. The highest BCUT2D eigenvalue weighted by atomic mass is 32.2. The predicted octanol–water partition coefficient (Wildman–Crippen LogP) is 4.30. The minimum atomic E-state index is -2.88. The highest BCUT2D eigenvalue weighted by Crippen LogP contribution is 2.35. The first-order valence-corrected chi connectivity index (χ1v) is 11.6. The standard InChI is InChI=1S/C17H28N2O3SSi/c1-6-16(24(20-7-2,21-8-3)22-9-4)19-15-13-11-10-12-14(15)18-17(19)23-5/h10-13,16H,6-9H2,1-5H3. The van der Waals surface area contributed by atoms with Crippen LogP contribution in [-0.4, -0.2) is 44.4 Å². The lowest BCUT2D eigenvalue weighted by Gasteiger charge is -2.36. The molecule has 1 aromatic carbocycles. The van der Waals surface area contributed by atoms with Crippen molar-refractivity contribution in [1.82, 2.24) is 9.55 Å². The van der Waals surface area contributed by atoms with Crippen molar-refractivity contribution < 1.29 is 13.3 Å². The summed E-state index contributed by atoms with van der Waals surface area (Å²) in [5.74, 6) is 0. The quantitative estimate of drug-likeness (QED) is 0.462. The van der Waals surface area contributed by atoms with Crippen molar-refractivity contribution >= 4 is 31.6 Å². The molecule has 1 atom stereocenters. The van der Waals surface area contributed by atoms with Crippen molar-refractivity contribution in [3.8, 4) is 0 Å². The summed E-state index contributed by atoms with van der Waals surface area (Å²) in [6, 6.07) is 8.21. The fourth-order valence-corrected chi connectivity index (χ4v) is 6.89. The van der Waals surface area contributed by atoms with Crippen molar-refractivity contribution in [3.63, 3.8) is 0 Å². The van der Waals surface area contributed by atoms with Crippen LogP contribution in [0.2, 0.25) is 0 Å². The molecule has 0 N–H and O–H groups in total. The van der Waals surface area contributed by atoms with Crippen molar-refractivity contribution in [1.29, 1.82) is 0 Å². The minimum absolute atomic E-state index is 0.00667. The molecule has 2 rings (SSSR count). The van der Waals surface area contributed by atoms with Gasteiger partial charge in [-0.05, 0) is 45.6 Å². The molecule has 0 fully saturated rings. The second-order valence-corrected chi connectivity index (χ2v) is 8.80. The third kappa shape index (κ3) is 3.70. The van der Waals surface area contributed by atoms with Gasteiger partial charge in [-0.25, -0.2) is 4.98 Å². The molecule has 0 radical (unpaired) electrons. The summed E-state index contributed by atoms with van der Waals surface area (Å²) in [5, 5.41) is 0.971. The highest BCUT2D eigenvalue weighted by molar-refractivity contribution is 7.98. The van der Waals surface area contributed by atoms with Gasteiger partial charge in [0.15, 0.2) is 5.16 Å². The van der Waals surface area contributed by atoms with E-state index < -0.39 is 8.80 Å². The van der Waals surface area contributed by atoms with Crippen molar-refractivity contribution in [2.75, 3.05) is 26.1 Å². The average molecular weight is 369 g/mol. The summed E-state index contributed by atoms with van der Waals surface area (Å²) < 4.78 is 20.8. The smallest absolute Gasteiger partial charge is 0.373 e. The number of imidazole rings is 1. The maximum absolute atomic E-state index is 6.17. The van der Waals surface area contributed by atoms with Gasteiger partial charge < -0.3 is 17.8 Å². The topological polar surface area (TPSA) is 45.5 Å². The van der Waals surface area contributed by atoms with Gasteiger partial charge in [-0.2, -0.15) is 0 Å². The molecule has 0 saturated heterocycles. The van der Waals surface area contributed by atoms with Gasteiger partial charge >= 0.3 is 8.80 Å². The van der Waals surface area contributed by atoms with Gasteiger partial charge in [0.2, 0.25) is 0 Å². The van der Waals surface area contributed by atoms with E-state index in [0.717, 1.165) is 22.6 Å². The zero-order valence-corrected chi connectivity index (χ0v) is 17.1. The van der Waals surface area contributed by atoms with Gasteiger partial charge in [0, 0.05) is 19.8 Å². The Hall–Kier alpha value is -0.863. The normalized spacial score (nSPS) is 13.5. The number of aromatic nitrogens is 2. The van der Waals surface area contributed by atoms with Crippen molar-refractivity contribution in [2.24, 2.45) is 0 Å². The molecule has 0 amide bonds. The number of rotatable bonds is 10. The second-order valence-electron chi connectivity index (χ2n) is 5.28. The number of hydrogen-bond donors (Lipinski definition) is 0. The third-order valence-electron chi connectivity index (χ3n) is 3.89. The van der Waals surface area contributed by atoms with Crippen LogP contribution in [0.4, 0.5) is 0 Å². The molecule has 0 bridgehead atoms. The summed E-state index contributed by atoms with van der Waals surface area (Å²) in [4.78, 5) is 4.78. The Kier molecular flexibility index (Phi) is 7.30. The lowest BCUT2D eigenvalue weighted by atomic mass is 10.3. The van der Waals surface area contributed by atoms with E-state index in [4.69, 9.17) is 18.3 Å². The predicted molar refractivity (Wildman–Crippen MR) is 101 cm³/mol.